The highest BCUT2D eigenvalue weighted by atomic mass is 32.1. The van der Waals surface area contributed by atoms with E-state index in [2.05, 4.69) is 39.0 Å². The molecule has 0 unspecified atom stereocenters. The van der Waals surface area contributed by atoms with Crippen molar-refractivity contribution >= 4 is 50.7 Å². The van der Waals surface area contributed by atoms with Crippen molar-refractivity contribution in [3.05, 3.63) is 36.7 Å². The zero-order valence-corrected chi connectivity index (χ0v) is 23.9. The maximum Gasteiger partial charge on any atom is 0.324 e. The van der Waals surface area contributed by atoms with Crippen LogP contribution in [0.15, 0.2) is 31.1 Å². The van der Waals surface area contributed by atoms with Crippen molar-refractivity contribution in [1.82, 2.24) is 25.6 Å². The predicted molar refractivity (Wildman–Crippen MR) is 157 cm³/mol. The summed E-state index contributed by atoms with van der Waals surface area (Å²) in [6.07, 6.45) is 7.65. The molecule has 0 atom stereocenters. The summed E-state index contributed by atoms with van der Waals surface area (Å²) in [5.74, 6) is 0.556. The number of hydrogen-bond donors (Lipinski definition) is 2. The molecule has 1 fully saturated rings. The fourth-order valence-electron chi connectivity index (χ4n) is 4.87. The number of carbonyl (C=O) groups is 2. The van der Waals surface area contributed by atoms with Gasteiger partial charge in [0, 0.05) is 37.6 Å². The summed E-state index contributed by atoms with van der Waals surface area (Å²) in [5.41, 5.74) is 3.07. The second-order valence-corrected chi connectivity index (χ2v) is 10.5. The van der Waals surface area contributed by atoms with Gasteiger partial charge in [-0.15, -0.1) is 0 Å². The molecule has 3 heterocycles. The number of amides is 2. The summed E-state index contributed by atoms with van der Waals surface area (Å²) in [6, 6.07) is 3.83. The number of urea groups is 1. The Hall–Kier alpha value is -3.57. The fraction of sp³-hybridized carbons (Fsp3) is 0.464. The molecule has 2 aromatic heterocycles. The second kappa shape index (κ2) is 12.5. The third-order valence-electron chi connectivity index (χ3n) is 7.21. The van der Waals surface area contributed by atoms with Gasteiger partial charge in [-0.1, -0.05) is 30.9 Å². The summed E-state index contributed by atoms with van der Waals surface area (Å²) in [5, 5.41) is 6.48. The van der Waals surface area contributed by atoms with Gasteiger partial charge in [0.05, 0.1) is 28.9 Å². The van der Waals surface area contributed by atoms with Crippen molar-refractivity contribution in [2.45, 2.75) is 40.0 Å². The van der Waals surface area contributed by atoms with Crippen molar-refractivity contribution < 1.29 is 14.3 Å². The lowest BCUT2D eigenvalue weighted by atomic mass is 9.76. The van der Waals surface area contributed by atoms with E-state index in [1.807, 2.05) is 38.4 Å². The van der Waals surface area contributed by atoms with E-state index >= 15 is 0 Å². The Morgan fingerprint density at radius 1 is 1.18 bits per heavy atom. The van der Waals surface area contributed by atoms with Crippen LogP contribution in [0.5, 0.6) is 0 Å². The Labute approximate surface area is 233 Å². The van der Waals surface area contributed by atoms with Gasteiger partial charge in [-0.3, -0.25) is 9.69 Å². The number of ether oxygens (including phenoxy) is 1. The van der Waals surface area contributed by atoms with Gasteiger partial charge in [-0.2, -0.15) is 0 Å². The molecule has 39 heavy (non-hydrogen) atoms. The van der Waals surface area contributed by atoms with E-state index in [1.54, 1.807) is 18.0 Å². The number of nitrogens with zero attached hydrogens (tertiary/aromatic N) is 5. The number of benzene rings is 1. The molecule has 10 nitrogen and oxygen atoms in total. The van der Waals surface area contributed by atoms with E-state index < -0.39 is 5.41 Å². The van der Waals surface area contributed by atoms with Gasteiger partial charge in [-0.05, 0) is 63.4 Å². The number of piperidine rings is 1. The van der Waals surface area contributed by atoms with Crippen LogP contribution in [0.3, 0.4) is 0 Å². The molecule has 0 bridgehead atoms. The lowest BCUT2D eigenvalue weighted by Gasteiger charge is -2.39. The average molecular weight is 552 g/mol. The molecule has 2 N–H and O–H groups in total. The van der Waals surface area contributed by atoms with Crippen LogP contribution in [0.1, 0.15) is 45.6 Å². The molecule has 1 saturated heterocycles. The molecule has 1 aliphatic heterocycles. The maximum absolute atomic E-state index is 12.6. The highest BCUT2D eigenvalue weighted by Crippen LogP contribution is 2.38. The van der Waals surface area contributed by atoms with E-state index in [-0.39, 0.29) is 12.0 Å². The number of fused-ring (bicyclic) bond motifs is 1. The van der Waals surface area contributed by atoms with Crippen LogP contribution in [0.25, 0.3) is 27.4 Å². The number of esters is 1. The molecule has 4 rings (SSSR count). The molecular weight excluding hydrogens is 514 g/mol. The van der Waals surface area contributed by atoms with Crippen LogP contribution in [-0.2, 0) is 9.53 Å². The molecule has 0 radical (unpaired) electrons. The first-order valence-electron chi connectivity index (χ1n) is 13.4. The number of aromatic nitrogens is 3. The molecule has 3 aromatic rings. The van der Waals surface area contributed by atoms with Crippen molar-refractivity contribution in [3.8, 4) is 11.1 Å². The Kier molecular flexibility index (Phi) is 9.13. The average Bonchev–Trinajstić information content (AvgIpc) is 3.39. The van der Waals surface area contributed by atoms with Crippen LogP contribution in [-0.4, -0.2) is 66.9 Å². The smallest absolute Gasteiger partial charge is 0.324 e. The SMILES string of the molecule is C=Cc1cc(-c2cnc(N3CCC(CC)(C(=O)OCC)CC3)nc2)cc2nc(N(CNC)C(=O)NCC)sc12. The highest BCUT2D eigenvalue weighted by Gasteiger charge is 2.41. The number of hydrogen-bond acceptors (Lipinski definition) is 9. The molecule has 0 aliphatic carbocycles. The Morgan fingerprint density at radius 3 is 2.49 bits per heavy atom. The minimum Gasteiger partial charge on any atom is -0.466 e. The number of thiazole rings is 1. The summed E-state index contributed by atoms with van der Waals surface area (Å²) in [7, 11) is 1.79. The largest absolute Gasteiger partial charge is 0.466 e. The zero-order valence-electron chi connectivity index (χ0n) is 23.1. The fourth-order valence-corrected chi connectivity index (χ4v) is 5.92. The van der Waals surface area contributed by atoms with Crippen molar-refractivity contribution in [1.29, 1.82) is 0 Å². The van der Waals surface area contributed by atoms with Gasteiger partial charge in [-0.25, -0.2) is 19.7 Å². The van der Waals surface area contributed by atoms with Gasteiger partial charge in [0.15, 0.2) is 5.13 Å². The van der Waals surface area contributed by atoms with Gasteiger partial charge in [0.1, 0.15) is 0 Å². The minimum absolute atomic E-state index is 0.0953. The lowest BCUT2D eigenvalue weighted by Crippen LogP contribution is -2.45. The third-order valence-corrected chi connectivity index (χ3v) is 8.35. The maximum atomic E-state index is 12.6. The van der Waals surface area contributed by atoms with E-state index in [0.29, 0.717) is 44.0 Å². The Balaban J connectivity index is 1.56. The molecule has 11 heteroatoms. The first kappa shape index (κ1) is 28.4. The number of nitrogens with one attached hydrogen (secondary N) is 2. The van der Waals surface area contributed by atoms with Crippen molar-refractivity contribution in [2.75, 3.05) is 49.8 Å². The van der Waals surface area contributed by atoms with E-state index in [0.717, 1.165) is 46.2 Å². The molecule has 2 amide bonds. The molecule has 1 aliphatic rings. The van der Waals surface area contributed by atoms with Crippen molar-refractivity contribution in [3.63, 3.8) is 0 Å². The molecule has 208 valence electrons. The molecule has 0 spiro atoms. The summed E-state index contributed by atoms with van der Waals surface area (Å²) in [4.78, 5) is 43.0. The quantitative estimate of drug-likeness (QED) is 0.276. The first-order valence-corrected chi connectivity index (χ1v) is 14.2. The standard InChI is InChI=1S/C28H37N7O3S/c1-6-19-14-20(15-22-23(19)39-27(33-22)35(18-29-5)26(37)30-8-3)21-16-31-25(32-17-21)34-12-10-28(7-2,11-13-34)24(36)38-9-4/h6,14-17,29H,1,7-13,18H2,2-5H3,(H,30,37). The summed E-state index contributed by atoms with van der Waals surface area (Å²) in [6.45, 7) is 12.5. The van der Waals surface area contributed by atoms with Crippen LogP contribution >= 0.6 is 11.3 Å². The zero-order chi connectivity index (χ0) is 28.0. The Bertz CT molecular complexity index is 1320. The topological polar surface area (TPSA) is 113 Å². The third kappa shape index (κ3) is 5.89. The normalized spacial score (nSPS) is 14.7. The van der Waals surface area contributed by atoms with E-state index in [1.165, 1.54) is 11.3 Å². The summed E-state index contributed by atoms with van der Waals surface area (Å²) >= 11 is 1.45. The number of rotatable bonds is 10. The molecule has 0 saturated carbocycles. The van der Waals surface area contributed by atoms with Gasteiger partial charge in [0.2, 0.25) is 5.95 Å². The van der Waals surface area contributed by atoms with Crippen LogP contribution < -0.4 is 20.4 Å². The van der Waals surface area contributed by atoms with Crippen molar-refractivity contribution in [2.24, 2.45) is 5.41 Å². The van der Waals surface area contributed by atoms with E-state index in [4.69, 9.17) is 9.72 Å². The van der Waals surface area contributed by atoms with E-state index in [9.17, 15) is 9.59 Å². The van der Waals surface area contributed by atoms with Crippen LogP contribution in [0, 0.1) is 5.41 Å². The van der Waals surface area contributed by atoms with Crippen LogP contribution in [0.2, 0.25) is 0 Å². The second-order valence-electron chi connectivity index (χ2n) is 9.50. The number of carbonyl (C=O) groups excluding carboxylic acids is 2. The molecule has 1 aromatic carbocycles. The summed E-state index contributed by atoms with van der Waals surface area (Å²) < 4.78 is 6.31. The predicted octanol–water partition coefficient (Wildman–Crippen LogP) is 4.67. The Morgan fingerprint density at radius 2 is 1.90 bits per heavy atom. The van der Waals surface area contributed by atoms with Crippen LogP contribution in [0.4, 0.5) is 15.9 Å². The molecular formula is C28H37N7O3S. The first-order chi connectivity index (χ1) is 18.9. The highest BCUT2D eigenvalue weighted by molar-refractivity contribution is 7.22. The number of anilines is 2. The minimum atomic E-state index is -0.421. The monoisotopic (exact) mass is 551 g/mol. The van der Waals surface area contributed by atoms with Gasteiger partial charge >= 0.3 is 12.0 Å². The lowest BCUT2D eigenvalue weighted by molar-refractivity contribution is -0.157. The van der Waals surface area contributed by atoms with Gasteiger partial charge in [0.25, 0.3) is 0 Å². The van der Waals surface area contributed by atoms with Gasteiger partial charge < -0.3 is 20.3 Å².